The molecule has 0 spiro atoms. The monoisotopic (exact) mass is 233 g/mol. The minimum absolute atomic E-state index is 0.253. The van der Waals surface area contributed by atoms with Crippen LogP contribution in [0, 0.1) is 6.92 Å². The number of benzene rings is 1. The van der Waals surface area contributed by atoms with Crippen molar-refractivity contribution in [2.75, 3.05) is 6.61 Å². The Kier molecular flexibility index (Phi) is 4.46. The van der Waals surface area contributed by atoms with Crippen molar-refractivity contribution in [3.05, 3.63) is 31.2 Å². The lowest BCUT2D eigenvalue weighted by Crippen LogP contribution is -2.16. The maximum atomic E-state index is 11.8. The van der Waals surface area contributed by atoms with Crippen molar-refractivity contribution in [1.82, 2.24) is 0 Å². The highest BCUT2D eigenvalue weighted by molar-refractivity contribution is 5.31. The van der Waals surface area contributed by atoms with Gasteiger partial charge in [0.1, 0.15) is 11.5 Å². The molecule has 1 aromatic carbocycles. The standard InChI is InChI=1S/C11H12F3O2/c1-2-3-8-15-9-4-6-10(7-5-9)16-11(12,13)14/h4-7H,1-3,8H2. The Labute approximate surface area is 92.0 Å². The summed E-state index contributed by atoms with van der Waals surface area (Å²) in [6, 6.07) is 5.30. The predicted octanol–water partition coefficient (Wildman–Crippen LogP) is 3.58. The number of unbranched alkanes of at least 4 members (excludes halogenated alkanes) is 1. The van der Waals surface area contributed by atoms with E-state index in [0.29, 0.717) is 12.4 Å². The minimum Gasteiger partial charge on any atom is -0.494 e. The molecule has 0 bridgehead atoms. The summed E-state index contributed by atoms with van der Waals surface area (Å²) in [6.07, 6.45) is -3.09. The molecule has 1 rings (SSSR count). The quantitative estimate of drug-likeness (QED) is 0.724. The lowest BCUT2D eigenvalue weighted by Gasteiger charge is -2.09. The van der Waals surface area contributed by atoms with E-state index in [1.807, 2.05) is 0 Å². The number of hydrogen-bond donors (Lipinski definition) is 0. The molecule has 0 aromatic heterocycles. The van der Waals surface area contributed by atoms with Crippen molar-refractivity contribution >= 4 is 0 Å². The van der Waals surface area contributed by atoms with E-state index in [1.54, 1.807) is 0 Å². The third kappa shape index (κ3) is 4.91. The van der Waals surface area contributed by atoms with Crippen molar-refractivity contribution < 1.29 is 22.6 Å². The van der Waals surface area contributed by atoms with Crippen LogP contribution in [-0.2, 0) is 0 Å². The van der Waals surface area contributed by atoms with E-state index in [2.05, 4.69) is 11.7 Å². The summed E-state index contributed by atoms with van der Waals surface area (Å²) in [5.41, 5.74) is 0. The molecule has 0 fully saturated rings. The highest BCUT2D eigenvalue weighted by atomic mass is 19.4. The van der Waals surface area contributed by atoms with E-state index in [0.717, 1.165) is 12.8 Å². The highest BCUT2D eigenvalue weighted by Gasteiger charge is 2.30. The maximum Gasteiger partial charge on any atom is 0.573 e. The number of halogens is 3. The molecule has 0 aliphatic heterocycles. The highest BCUT2D eigenvalue weighted by Crippen LogP contribution is 2.24. The fourth-order valence-corrected chi connectivity index (χ4v) is 1.03. The van der Waals surface area contributed by atoms with E-state index in [4.69, 9.17) is 4.74 Å². The molecule has 1 radical (unpaired) electrons. The molecule has 0 atom stereocenters. The first kappa shape index (κ1) is 12.7. The van der Waals surface area contributed by atoms with Gasteiger partial charge in [-0.15, -0.1) is 13.2 Å². The van der Waals surface area contributed by atoms with Crippen LogP contribution in [-0.4, -0.2) is 13.0 Å². The molecule has 0 saturated heterocycles. The lowest BCUT2D eigenvalue weighted by atomic mass is 10.3. The molecule has 5 heteroatoms. The first-order chi connectivity index (χ1) is 7.51. The zero-order valence-corrected chi connectivity index (χ0v) is 8.59. The molecule has 0 unspecified atom stereocenters. The van der Waals surface area contributed by atoms with E-state index in [9.17, 15) is 13.2 Å². The first-order valence-electron chi connectivity index (χ1n) is 4.79. The van der Waals surface area contributed by atoms with E-state index in [-0.39, 0.29) is 5.75 Å². The van der Waals surface area contributed by atoms with Crippen LogP contribution < -0.4 is 9.47 Å². The third-order valence-electron chi connectivity index (χ3n) is 1.72. The van der Waals surface area contributed by atoms with Crippen molar-refractivity contribution in [3.8, 4) is 11.5 Å². The largest absolute Gasteiger partial charge is 0.573 e. The van der Waals surface area contributed by atoms with E-state index < -0.39 is 6.36 Å². The van der Waals surface area contributed by atoms with Gasteiger partial charge >= 0.3 is 6.36 Å². The summed E-state index contributed by atoms with van der Waals surface area (Å²) in [5.74, 6) is 0.264. The Hall–Kier alpha value is -1.39. The van der Waals surface area contributed by atoms with Gasteiger partial charge in [-0.2, -0.15) is 0 Å². The second kappa shape index (κ2) is 5.63. The molecule has 0 heterocycles. The second-order valence-corrected chi connectivity index (χ2v) is 3.07. The van der Waals surface area contributed by atoms with Gasteiger partial charge in [0.05, 0.1) is 6.61 Å². The smallest absolute Gasteiger partial charge is 0.494 e. The molecule has 2 nitrogen and oxygen atoms in total. The van der Waals surface area contributed by atoms with Crippen LogP contribution >= 0.6 is 0 Å². The normalized spacial score (nSPS) is 11.2. The topological polar surface area (TPSA) is 18.5 Å². The number of alkyl halides is 3. The van der Waals surface area contributed by atoms with Gasteiger partial charge in [0, 0.05) is 0 Å². The van der Waals surface area contributed by atoms with Crippen molar-refractivity contribution in [3.63, 3.8) is 0 Å². The van der Waals surface area contributed by atoms with Crippen molar-refractivity contribution in [1.29, 1.82) is 0 Å². The van der Waals surface area contributed by atoms with Crippen LogP contribution in [0.1, 0.15) is 12.8 Å². The number of rotatable bonds is 5. The molecule has 0 aliphatic rings. The third-order valence-corrected chi connectivity index (χ3v) is 1.72. The Bertz CT molecular complexity index is 306. The lowest BCUT2D eigenvalue weighted by molar-refractivity contribution is -0.274. The average Bonchev–Trinajstić information content (AvgIpc) is 2.19. The summed E-state index contributed by atoms with van der Waals surface area (Å²) < 4.78 is 44.5. The average molecular weight is 233 g/mol. The van der Waals surface area contributed by atoms with Gasteiger partial charge < -0.3 is 9.47 Å². The van der Waals surface area contributed by atoms with E-state index >= 15 is 0 Å². The molecule has 89 valence electrons. The van der Waals surface area contributed by atoms with Gasteiger partial charge in [0.25, 0.3) is 0 Å². The fourth-order valence-electron chi connectivity index (χ4n) is 1.03. The Morgan fingerprint density at radius 2 is 1.62 bits per heavy atom. The van der Waals surface area contributed by atoms with Crippen LogP contribution in [0.4, 0.5) is 13.2 Å². The zero-order valence-electron chi connectivity index (χ0n) is 8.59. The van der Waals surface area contributed by atoms with Crippen LogP contribution in [0.25, 0.3) is 0 Å². The Morgan fingerprint density at radius 1 is 1.06 bits per heavy atom. The van der Waals surface area contributed by atoms with Crippen molar-refractivity contribution in [2.45, 2.75) is 19.2 Å². The van der Waals surface area contributed by atoms with Gasteiger partial charge in [-0.05, 0) is 30.7 Å². The minimum atomic E-state index is -4.66. The molecule has 0 amide bonds. The summed E-state index contributed by atoms with van der Waals surface area (Å²) in [7, 11) is 0. The maximum absolute atomic E-state index is 11.8. The van der Waals surface area contributed by atoms with Gasteiger partial charge in [0.15, 0.2) is 0 Å². The Morgan fingerprint density at radius 3 is 2.12 bits per heavy atom. The molecule has 0 aliphatic carbocycles. The predicted molar refractivity (Wildman–Crippen MR) is 53.2 cm³/mol. The number of ether oxygens (including phenoxy) is 2. The van der Waals surface area contributed by atoms with Crippen LogP contribution in [0.15, 0.2) is 24.3 Å². The molecule has 1 aromatic rings. The zero-order chi connectivity index (χ0) is 12.0. The summed E-state index contributed by atoms with van der Waals surface area (Å²) in [6.45, 7) is 4.15. The first-order valence-corrected chi connectivity index (χ1v) is 4.79. The van der Waals surface area contributed by atoms with E-state index in [1.165, 1.54) is 24.3 Å². The van der Waals surface area contributed by atoms with Crippen LogP contribution in [0.5, 0.6) is 11.5 Å². The summed E-state index contributed by atoms with van der Waals surface area (Å²) in [5, 5.41) is 0. The number of hydrogen-bond acceptors (Lipinski definition) is 2. The molecule has 0 saturated carbocycles. The van der Waals surface area contributed by atoms with Gasteiger partial charge in [0.2, 0.25) is 0 Å². The van der Waals surface area contributed by atoms with Gasteiger partial charge in [-0.25, -0.2) is 0 Å². The fraction of sp³-hybridized carbons (Fsp3) is 0.364. The van der Waals surface area contributed by atoms with Crippen LogP contribution in [0.3, 0.4) is 0 Å². The molecular formula is C11H12F3O2. The van der Waals surface area contributed by atoms with Crippen LogP contribution in [0.2, 0.25) is 0 Å². The summed E-state index contributed by atoms with van der Waals surface area (Å²) >= 11 is 0. The second-order valence-electron chi connectivity index (χ2n) is 3.07. The molecule has 0 N–H and O–H groups in total. The Balaban J connectivity index is 2.48. The van der Waals surface area contributed by atoms with Crippen molar-refractivity contribution in [2.24, 2.45) is 0 Å². The summed E-state index contributed by atoms with van der Waals surface area (Å²) in [4.78, 5) is 0. The van der Waals surface area contributed by atoms with Gasteiger partial charge in [-0.3, -0.25) is 0 Å². The van der Waals surface area contributed by atoms with Gasteiger partial charge in [-0.1, -0.05) is 13.3 Å². The molecule has 16 heavy (non-hydrogen) atoms. The molecular weight excluding hydrogens is 221 g/mol. The SMILES string of the molecule is [CH2]CCCOc1ccc(OC(F)(F)F)cc1.